The maximum Gasteiger partial charge on any atom is 0.311 e. The third-order valence-electron chi connectivity index (χ3n) is 30.5. The SMILES string of the molecule is CCCC/C=C\CCC(CCCCCCCCC(=O)OCC(COC(=O)CCCCCCCCCCCCCCCCC)OC(=O)CCCCCCC/C=C\CCCCCCCC)[Si](C)(C)O[Si](C)(C)O[Si](C)(C)C(CCCCCCCC)CCCCCCCCC(=O)OC(COC(=O)CCCCCCCC/C=C\CCC(CCCC)[Si](C)(C)O[Si](C)(C)O[SiH](C)C)COC(=O)CCCCCCCCCCCCCCCCC. The van der Waals surface area contributed by atoms with Gasteiger partial charge in [0.2, 0.25) is 0 Å². The van der Waals surface area contributed by atoms with Crippen LogP contribution in [0.1, 0.15) is 600 Å². The molecule has 0 aromatic carbocycles. The third kappa shape index (κ3) is 95.4. The van der Waals surface area contributed by atoms with Crippen LogP contribution in [0.3, 0.4) is 0 Å². The van der Waals surface area contributed by atoms with Gasteiger partial charge in [-0.25, -0.2) is 0 Å². The van der Waals surface area contributed by atoms with Crippen molar-refractivity contribution in [3.8, 4) is 0 Å². The molecular weight excluding hydrogens is 1940 g/mol. The molecule has 0 aliphatic heterocycles. The highest BCUT2D eigenvalue weighted by atomic mass is 28.5. The van der Waals surface area contributed by atoms with E-state index in [0.29, 0.717) is 55.1 Å². The zero-order valence-electron chi connectivity index (χ0n) is 101. The minimum Gasteiger partial charge on any atom is -0.462 e. The van der Waals surface area contributed by atoms with Crippen LogP contribution < -0.4 is 0 Å². The number of rotatable bonds is 114. The number of hydrogen-bond acceptors (Lipinski definition) is 16. The summed E-state index contributed by atoms with van der Waals surface area (Å²) in [4.78, 5) is 79.6. The number of allylic oxidation sites excluding steroid dienone is 6. The van der Waals surface area contributed by atoms with Crippen LogP contribution in [0.5, 0.6) is 0 Å². The molecule has 0 saturated heterocycles. The topological polar surface area (TPSA) is 195 Å². The van der Waals surface area contributed by atoms with Crippen molar-refractivity contribution >= 4 is 86.9 Å². The van der Waals surface area contributed by atoms with Gasteiger partial charge >= 0.3 is 52.9 Å². The molecule has 5 atom stereocenters. The fourth-order valence-corrected chi connectivity index (χ4v) is 49.9. The molecule has 22 heteroatoms. The van der Waals surface area contributed by atoms with Crippen molar-refractivity contribution in [2.75, 3.05) is 26.4 Å². The molecule has 0 rings (SSSR count). The molecule has 0 N–H and O–H groups in total. The highest BCUT2D eigenvalue weighted by Gasteiger charge is 2.46. The van der Waals surface area contributed by atoms with Gasteiger partial charge < -0.3 is 44.9 Å². The van der Waals surface area contributed by atoms with Crippen molar-refractivity contribution in [2.24, 2.45) is 0 Å². The van der Waals surface area contributed by atoms with Crippen molar-refractivity contribution in [3.05, 3.63) is 36.5 Å². The average Bonchev–Trinajstić information content (AvgIpc) is 0.807. The van der Waals surface area contributed by atoms with Crippen molar-refractivity contribution < 1.29 is 73.6 Å². The van der Waals surface area contributed by atoms with Crippen molar-refractivity contribution in [1.29, 1.82) is 0 Å². The van der Waals surface area contributed by atoms with Gasteiger partial charge in [0.15, 0.2) is 46.2 Å². The lowest BCUT2D eigenvalue weighted by Gasteiger charge is -2.44. The zero-order valence-corrected chi connectivity index (χ0v) is 107. The van der Waals surface area contributed by atoms with Crippen molar-refractivity contribution in [1.82, 2.24) is 0 Å². The average molecular weight is 2190 g/mol. The van der Waals surface area contributed by atoms with E-state index in [1.54, 1.807) is 0 Å². The fraction of sp³-hybridized carbons (Fsp3) is 0.905. The van der Waals surface area contributed by atoms with Crippen LogP contribution in [-0.2, 0) is 73.6 Å². The van der Waals surface area contributed by atoms with Gasteiger partial charge in [-0.15, -0.1) is 0 Å². The molecule has 0 aliphatic carbocycles. The summed E-state index contributed by atoms with van der Waals surface area (Å²) in [5.74, 6) is -1.87. The Morgan fingerprint density at radius 2 is 0.385 bits per heavy atom. The molecule has 0 aliphatic rings. The lowest BCUT2D eigenvalue weighted by Crippen LogP contribution is -2.55. The number of esters is 6. The molecule has 0 spiro atoms. The van der Waals surface area contributed by atoms with E-state index in [-0.39, 0.29) is 68.7 Å². The number of ether oxygens (including phenoxy) is 6. The Hall–Kier alpha value is -2.82. The van der Waals surface area contributed by atoms with Gasteiger partial charge in [0.05, 0.1) is 0 Å². The Labute approximate surface area is 924 Å². The Morgan fingerprint density at radius 1 is 0.203 bits per heavy atom. The Balaban J connectivity index is 5.78. The molecule has 0 heterocycles. The van der Waals surface area contributed by atoms with Crippen molar-refractivity contribution in [2.45, 2.75) is 708 Å². The molecule has 5 unspecified atom stereocenters. The lowest BCUT2D eigenvalue weighted by molar-refractivity contribution is -0.167. The van der Waals surface area contributed by atoms with Gasteiger partial charge in [-0.05, 0) is 204 Å². The summed E-state index contributed by atoms with van der Waals surface area (Å²) >= 11 is 0. The summed E-state index contributed by atoms with van der Waals surface area (Å²) in [5.41, 5.74) is 1.69. The normalized spacial score (nSPS) is 13.5. The van der Waals surface area contributed by atoms with Gasteiger partial charge in [-0.1, -0.05) is 489 Å². The molecule has 872 valence electrons. The number of carbonyl (C=O) groups excluding carboxylic acids is 6. The molecule has 0 saturated carbocycles. The first-order chi connectivity index (χ1) is 71.4. The minimum absolute atomic E-state index is 0.109. The summed E-state index contributed by atoms with van der Waals surface area (Å²) < 4.78 is 63.5. The van der Waals surface area contributed by atoms with Crippen LogP contribution in [-0.4, -0.2) is 126 Å². The standard InChI is InChI=1S/C126H248O16Si6/c1-19-25-31-36-41-44-47-50-53-56-59-65-70-83-94-106-121(127)133-112-116(137-125(131)110-98-87-73-68-61-58-55-52-49-46-43-38-33-27-21-3)115-136-124(130)109-97-86-76-74-81-92-104-119(102-89-78-39-34-28-22-4)145(11,12)141-148(17,18)142-146(13,14)120(103-90-79-40-35-29-23-5)105-93-82-75-77-88-99-111-126(132)138-117(113-134-122(128)107-95-84-71-66-60-57-54-51-48-45-42-37-32-26-20-2)114-135-123(129)108-96-85-72-67-63-62-64-69-80-91-101-118(100-30-24-6)144(9,10)140-147(15,16)139-143(7)8/h39,52,55,69,78,80,116-120,143H,19-38,40-51,53-54,56-68,70-77,79,81-115H2,1-18H3/b55-52-,78-39-,80-69-. The predicted molar refractivity (Wildman–Crippen MR) is 649 cm³/mol. The number of carbonyl (C=O) groups is 6. The first kappa shape index (κ1) is 145. The van der Waals surface area contributed by atoms with Gasteiger partial charge in [-0.3, -0.25) is 28.8 Å². The second kappa shape index (κ2) is 102. The lowest BCUT2D eigenvalue weighted by atomic mass is 10.0. The van der Waals surface area contributed by atoms with Crippen LogP contribution in [0.2, 0.25) is 95.2 Å². The minimum atomic E-state index is -2.59. The van der Waals surface area contributed by atoms with E-state index < -0.39 is 63.3 Å². The Bertz CT molecular complexity index is 3110. The Morgan fingerprint density at radius 3 is 0.622 bits per heavy atom. The summed E-state index contributed by atoms with van der Waals surface area (Å²) in [6, 6.07) is 0. The quantitative estimate of drug-likeness (QED) is 0.0183. The summed E-state index contributed by atoms with van der Waals surface area (Å²) in [7, 11) is -12.3. The monoisotopic (exact) mass is 2190 g/mol. The van der Waals surface area contributed by atoms with Crippen LogP contribution in [0.25, 0.3) is 0 Å². The van der Waals surface area contributed by atoms with E-state index in [1.165, 1.54) is 302 Å². The van der Waals surface area contributed by atoms with Gasteiger partial charge in [0, 0.05) is 38.5 Å². The van der Waals surface area contributed by atoms with Crippen LogP contribution in [0, 0.1) is 0 Å². The van der Waals surface area contributed by atoms with E-state index >= 15 is 0 Å². The van der Waals surface area contributed by atoms with E-state index in [2.05, 4.69) is 157 Å². The van der Waals surface area contributed by atoms with Crippen LogP contribution in [0.15, 0.2) is 36.5 Å². The van der Waals surface area contributed by atoms with Gasteiger partial charge in [-0.2, -0.15) is 0 Å². The van der Waals surface area contributed by atoms with Crippen LogP contribution in [0.4, 0.5) is 0 Å². The zero-order chi connectivity index (χ0) is 109. The fourth-order valence-electron chi connectivity index (χ4n) is 21.6. The summed E-state index contributed by atoms with van der Waals surface area (Å²) in [5, 5.41) is 0. The number of hydrogen-bond donors (Lipinski definition) is 0. The van der Waals surface area contributed by atoms with Crippen LogP contribution >= 0.6 is 0 Å². The first-order valence-electron chi connectivity index (χ1n) is 64.2. The molecule has 0 aromatic heterocycles. The van der Waals surface area contributed by atoms with E-state index in [0.717, 1.165) is 212 Å². The molecular formula is C126H248O16Si6. The van der Waals surface area contributed by atoms with Gasteiger partial charge in [0.1, 0.15) is 26.4 Å². The van der Waals surface area contributed by atoms with E-state index in [4.69, 9.17) is 44.9 Å². The Kier molecular flexibility index (Phi) is 100. The predicted octanol–water partition coefficient (Wildman–Crippen LogP) is 40.9. The van der Waals surface area contributed by atoms with E-state index in [1.807, 2.05) is 0 Å². The largest absolute Gasteiger partial charge is 0.462 e. The molecule has 0 amide bonds. The third-order valence-corrected chi connectivity index (χ3v) is 54.5. The van der Waals surface area contributed by atoms with E-state index in [9.17, 15) is 28.8 Å². The second-order valence-electron chi connectivity index (χ2n) is 47.8. The molecule has 0 aromatic rings. The highest BCUT2D eigenvalue weighted by molar-refractivity contribution is 6.89. The number of unbranched alkanes of at least 4 members (excludes halogenated alkanes) is 63. The first-order valence-corrected chi connectivity index (χ1v) is 81.5. The summed E-state index contributed by atoms with van der Waals surface area (Å²) in [6.45, 7) is 41.6. The molecule has 16 nitrogen and oxygen atoms in total. The molecule has 0 fully saturated rings. The maximum atomic E-state index is 13.6. The summed E-state index contributed by atoms with van der Waals surface area (Å²) in [6.07, 6.45) is 110. The molecule has 148 heavy (non-hydrogen) atoms. The van der Waals surface area contributed by atoms with Gasteiger partial charge in [0.25, 0.3) is 0 Å². The molecule has 0 bridgehead atoms. The maximum absolute atomic E-state index is 13.6. The highest BCUT2D eigenvalue weighted by Crippen LogP contribution is 2.42. The molecule has 0 radical (unpaired) electrons. The second-order valence-corrected chi connectivity index (χ2v) is 70.9. The smallest absolute Gasteiger partial charge is 0.311 e. The van der Waals surface area contributed by atoms with Crippen molar-refractivity contribution in [3.63, 3.8) is 0 Å².